The van der Waals surface area contributed by atoms with Crippen LogP contribution in [0.15, 0.2) is 115 Å². The molecule has 0 unspecified atom stereocenters. The van der Waals surface area contributed by atoms with Gasteiger partial charge in [0, 0.05) is 14.5 Å². The third-order valence-corrected chi connectivity index (χ3v) is 11.8. The maximum atomic E-state index is 15.3. The Balaban J connectivity index is 1.32. The number of hydrogen-bond donors (Lipinski definition) is 1. The first-order valence-corrected chi connectivity index (χ1v) is 18.1. The van der Waals surface area contributed by atoms with Crippen LogP contribution in [0.4, 0.5) is 11.4 Å². The summed E-state index contributed by atoms with van der Waals surface area (Å²) in [6, 6.07) is 30.9. The number of rotatable bonds is 7. The van der Waals surface area contributed by atoms with E-state index in [1.54, 1.807) is 48.5 Å². The summed E-state index contributed by atoms with van der Waals surface area (Å²) < 4.78 is 6.66. The van der Waals surface area contributed by atoms with E-state index in [-0.39, 0.29) is 43.3 Å². The molecule has 3 fully saturated rings. The predicted molar refractivity (Wildman–Crippen MR) is 197 cm³/mol. The fourth-order valence-corrected chi connectivity index (χ4v) is 9.43. The largest absolute Gasteiger partial charge is 0.491 e. The molecule has 4 aliphatic rings. The lowest BCUT2D eigenvalue weighted by Gasteiger charge is -2.50. The van der Waals surface area contributed by atoms with Gasteiger partial charge in [-0.05, 0) is 107 Å². The summed E-state index contributed by atoms with van der Waals surface area (Å²) in [5.41, 5.74) is 1.93. The van der Waals surface area contributed by atoms with Gasteiger partial charge >= 0.3 is 0 Å². The molecule has 10 heteroatoms. The maximum Gasteiger partial charge on any atom is 0.246 e. The molecule has 2 aliphatic heterocycles. The Kier molecular flexibility index (Phi) is 8.40. The number of amides is 4. The number of allylic oxidation sites excluding steroid dienone is 2. The molecule has 4 amide bonds. The van der Waals surface area contributed by atoms with Crippen molar-refractivity contribution in [2.24, 2.45) is 23.7 Å². The average Bonchev–Trinajstić information content (AvgIpc) is 3.52. The fraction of sp³-hybridized carbons (Fsp3) is 0.250. The average molecular weight is 799 g/mol. The van der Waals surface area contributed by atoms with Crippen LogP contribution >= 0.6 is 34.2 Å². The van der Waals surface area contributed by atoms with E-state index in [2.05, 4.69) is 28.7 Å². The maximum absolute atomic E-state index is 15.3. The molecule has 0 radical (unpaired) electrons. The molecule has 4 aromatic rings. The molecule has 0 aromatic heterocycles. The minimum absolute atomic E-state index is 0.129. The van der Waals surface area contributed by atoms with Crippen LogP contribution in [0.2, 0.25) is 5.02 Å². The van der Waals surface area contributed by atoms with E-state index in [9.17, 15) is 19.5 Å². The Bertz CT molecular complexity index is 2050. The van der Waals surface area contributed by atoms with Crippen molar-refractivity contribution in [3.05, 3.63) is 134 Å². The number of hydrogen-bond acceptors (Lipinski definition) is 6. The quantitative estimate of drug-likeness (QED) is 0.127. The van der Waals surface area contributed by atoms with Gasteiger partial charge in [0.05, 0.1) is 41.2 Å². The minimum Gasteiger partial charge on any atom is -0.491 e. The van der Waals surface area contributed by atoms with Crippen molar-refractivity contribution in [2.75, 3.05) is 23.0 Å². The molecule has 8 rings (SSSR count). The van der Waals surface area contributed by atoms with Crippen molar-refractivity contribution in [3.63, 3.8) is 0 Å². The van der Waals surface area contributed by atoms with Crippen molar-refractivity contribution in [1.82, 2.24) is 0 Å². The van der Waals surface area contributed by atoms with Crippen molar-refractivity contribution >= 4 is 69.2 Å². The number of carbonyl (C=O) groups excluding carboxylic acids is 4. The zero-order valence-corrected chi connectivity index (χ0v) is 29.7. The van der Waals surface area contributed by atoms with Crippen molar-refractivity contribution < 1.29 is 29.0 Å². The summed E-state index contributed by atoms with van der Waals surface area (Å²) in [5, 5.41) is 9.71. The Morgan fingerprint density at radius 2 is 1.54 bits per heavy atom. The molecule has 4 aromatic carbocycles. The van der Waals surface area contributed by atoms with E-state index in [0.29, 0.717) is 34.1 Å². The molecule has 2 saturated heterocycles. The lowest BCUT2D eigenvalue weighted by atomic mass is 9.49. The molecule has 252 valence electrons. The van der Waals surface area contributed by atoms with Gasteiger partial charge in [0.2, 0.25) is 23.6 Å². The van der Waals surface area contributed by atoms with Gasteiger partial charge in [-0.15, -0.1) is 0 Å². The summed E-state index contributed by atoms with van der Waals surface area (Å²) in [6.45, 7) is -0.00782. The molecular formula is C40H32ClIN2O6. The second-order valence-corrected chi connectivity index (χ2v) is 14.9. The van der Waals surface area contributed by atoms with Gasteiger partial charge in [0.25, 0.3) is 0 Å². The van der Waals surface area contributed by atoms with Crippen molar-refractivity contribution in [1.29, 1.82) is 0 Å². The second-order valence-electron chi connectivity index (χ2n) is 13.2. The van der Waals surface area contributed by atoms with Crippen LogP contribution in [0.3, 0.4) is 0 Å². The molecule has 0 spiro atoms. The molecule has 2 aliphatic carbocycles. The van der Waals surface area contributed by atoms with E-state index in [4.69, 9.17) is 16.3 Å². The second kappa shape index (κ2) is 12.8. The number of aliphatic hydroxyl groups excluding tert-OH is 1. The highest BCUT2D eigenvalue weighted by atomic mass is 127. The summed E-state index contributed by atoms with van der Waals surface area (Å²) in [6.07, 6.45) is 2.61. The predicted octanol–water partition coefficient (Wildman–Crippen LogP) is 6.68. The number of anilines is 2. The van der Waals surface area contributed by atoms with Gasteiger partial charge < -0.3 is 9.84 Å². The number of benzene rings is 4. The molecule has 0 bridgehead atoms. The number of carbonyl (C=O) groups is 4. The third-order valence-electron chi connectivity index (χ3n) is 10.8. The lowest BCUT2D eigenvalue weighted by molar-refractivity contribution is -0.127. The number of nitrogens with zero attached hydrogens (tertiary/aromatic N) is 2. The zero-order chi connectivity index (χ0) is 34.7. The molecule has 50 heavy (non-hydrogen) atoms. The molecule has 6 atom stereocenters. The van der Waals surface area contributed by atoms with E-state index in [1.807, 2.05) is 54.6 Å². The number of halogens is 2. The van der Waals surface area contributed by atoms with E-state index >= 15 is 4.79 Å². The summed E-state index contributed by atoms with van der Waals surface area (Å²) in [5.74, 6) is -3.90. The smallest absolute Gasteiger partial charge is 0.246 e. The summed E-state index contributed by atoms with van der Waals surface area (Å²) in [4.78, 5) is 61.2. The van der Waals surface area contributed by atoms with Gasteiger partial charge in [-0.3, -0.25) is 24.1 Å². The number of imide groups is 2. The first-order chi connectivity index (χ1) is 24.2. The lowest BCUT2D eigenvalue weighted by Crippen LogP contribution is -2.53. The Labute approximate surface area is 307 Å². The van der Waals surface area contributed by atoms with Crippen molar-refractivity contribution in [3.8, 4) is 5.75 Å². The van der Waals surface area contributed by atoms with E-state index in [0.717, 1.165) is 14.7 Å². The monoisotopic (exact) mass is 798 g/mol. The van der Waals surface area contributed by atoms with Gasteiger partial charge in [-0.1, -0.05) is 71.8 Å². The number of aliphatic hydroxyl groups is 1. The molecule has 2 heterocycles. The Morgan fingerprint density at radius 3 is 2.24 bits per heavy atom. The topological polar surface area (TPSA) is 104 Å². The molecule has 1 saturated carbocycles. The van der Waals surface area contributed by atoms with Gasteiger partial charge in [0.15, 0.2) is 0 Å². The van der Waals surface area contributed by atoms with E-state index < -0.39 is 35.0 Å². The normalized spacial score (nSPS) is 27.2. The summed E-state index contributed by atoms with van der Waals surface area (Å²) >= 11 is 8.59. The van der Waals surface area contributed by atoms with Crippen LogP contribution in [0, 0.1) is 27.2 Å². The Morgan fingerprint density at radius 1 is 0.800 bits per heavy atom. The number of fused-ring (bicyclic) bond motifs is 4. The first-order valence-electron chi connectivity index (χ1n) is 16.6. The van der Waals surface area contributed by atoms with E-state index in [1.165, 1.54) is 9.80 Å². The Hall–Kier alpha value is -4.32. The highest BCUT2D eigenvalue weighted by Crippen LogP contribution is 2.64. The highest BCUT2D eigenvalue weighted by Gasteiger charge is 2.70. The SMILES string of the molecule is O=C1[C@H]2[C@H](CC=C3[C@H]2C[C@H]2C(=O)N(c4cccc(Cl)c4)C(=O)[C@@]2(c2ccccc2)[C@H]3c2ccc(OCCO)cc2)C(=O)N1c1ccc(I)cc1. The van der Waals surface area contributed by atoms with Crippen LogP contribution in [0.1, 0.15) is 29.9 Å². The number of ether oxygens (including phenoxy) is 1. The van der Waals surface area contributed by atoms with Gasteiger partial charge in [0.1, 0.15) is 12.4 Å². The fourth-order valence-electron chi connectivity index (χ4n) is 8.88. The third kappa shape index (κ3) is 4.96. The van der Waals surface area contributed by atoms with Crippen LogP contribution in [0.25, 0.3) is 0 Å². The standard InChI is InChI=1S/C40H32ClIN2O6/c41-25-7-4-8-28(21-25)44-37(47)33-22-32-30(17-18-31-34(32)38(48)43(36(31)46)27-13-11-26(42)12-14-27)35(23-9-15-29(16-10-23)50-20-19-45)40(33,39(44)49)24-5-2-1-3-6-24/h1-17,21,31-35,45H,18-20,22H2/t31-,32+,33-,34-,35-,40+/m0/s1. The minimum atomic E-state index is -1.36. The van der Waals surface area contributed by atoms with Gasteiger partial charge in [-0.2, -0.15) is 0 Å². The first kappa shape index (κ1) is 32.9. The molecular weight excluding hydrogens is 767 g/mol. The highest BCUT2D eigenvalue weighted by molar-refractivity contribution is 14.1. The zero-order valence-electron chi connectivity index (χ0n) is 26.7. The summed E-state index contributed by atoms with van der Waals surface area (Å²) in [7, 11) is 0. The van der Waals surface area contributed by atoms with Crippen LogP contribution in [-0.2, 0) is 24.6 Å². The van der Waals surface area contributed by atoms with Crippen LogP contribution in [0.5, 0.6) is 5.75 Å². The van der Waals surface area contributed by atoms with Crippen LogP contribution < -0.4 is 14.5 Å². The molecule has 8 nitrogen and oxygen atoms in total. The van der Waals surface area contributed by atoms with Crippen molar-refractivity contribution in [2.45, 2.75) is 24.2 Å². The van der Waals surface area contributed by atoms with Gasteiger partial charge in [-0.25, -0.2) is 4.90 Å². The van der Waals surface area contributed by atoms with Crippen LogP contribution in [-0.4, -0.2) is 41.9 Å². The molecule has 1 N–H and O–H groups in total.